The largest absolute Gasteiger partial charge is 0.496 e. The van der Waals surface area contributed by atoms with E-state index in [4.69, 9.17) is 9.37 Å². The van der Waals surface area contributed by atoms with Gasteiger partial charge in [0.2, 0.25) is 0 Å². The molecule has 0 aliphatic carbocycles. The molecule has 0 N–H and O–H groups in total. The van der Waals surface area contributed by atoms with Gasteiger partial charge < -0.3 is 4.74 Å². The van der Waals surface area contributed by atoms with Gasteiger partial charge in [-0.3, -0.25) is 9.69 Å². The molecule has 2 aromatic carbocycles. The monoisotopic (exact) mass is 369 g/mol. The maximum absolute atomic E-state index is 13.7. The first kappa shape index (κ1) is 17.6. The van der Waals surface area contributed by atoms with Crippen molar-refractivity contribution in [3.8, 4) is 5.75 Å². The Morgan fingerprint density at radius 1 is 1.33 bits per heavy atom. The van der Waals surface area contributed by atoms with Crippen LogP contribution in [-0.4, -0.2) is 41.2 Å². The fourth-order valence-electron chi connectivity index (χ4n) is 3.74. The third-order valence-corrected chi connectivity index (χ3v) is 5.07. The maximum Gasteiger partial charge on any atom is 0.171 e. The van der Waals surface area contributed by atoms with Gasteiger partial charge in [0.25, 0.3) is 0 Å². The molecule has 1 aliphatic heterocycles. The van der Waals surface area contributed by atoms with E-state index >= 15 is 0 Å². The highest BCUT2D eigenvalue weighted by atomic mass is 19.1. The number of halogens is 1. The number of hydrogen-bond acceptors (Lipinski definition) is 6. The van der Waals surface area contributed by atoms with Crippen LogP contribution in [0.15, 0.2) is 41.0 Å². The molecule has 0 amide bonds. The van der Waals surface area contributed by atoms with Crippen molar-refractivity contribution in [2.24, 2.45) is 5.92 Å². The van der Waals surface area contributed by atoms with Gasteiger partial charge in [-0.25, -0.2) is 9.02 Å². The molecule has 4 rings (SSSR count). The van der Waals surface area contributed by atoms with Crippen molar-refractivity contribution in [3.63, 3.8) is 0 Å². The zero-order chi connectivity index (χ0) is 18.8. The van der Waals surface area contributed by atoms with Gasteiger partial charge in [0, 0.05) is 19.0 Å². The van der Waals surface area contributed by atoms with Crippen LogP contribution in [0.4, 0.5) is 4.39 Å². The molecular formula is C20H20FN3O3. The van der Waals surface area contributed by atoms with Gasteiger partial charge in [0.15, 0.2) is 5.78 Å². The van der Waals surface area contributed by atoms with E-state index in [1.165, 1.54) is 25.3 Å². The van der Waals surface area contributed by atoms with Gasteiger partial charge >= 0.3 is 0 Å². The first-order valence-electron chi connectivity index (χ1n) is 8.96. The molecule has 140 valence electrons. The topological polar surface area (TPSA) is 68.5 Å². The molecule has 0 saturated carbocycles. The van der Waals surface area contributed by atoms with Gasteiger partial charge in [-0.05, 0) is 59.5 Å². The van der Waals surface area contributed by atoms with Gasteiger partial charge in [0.1, 0.15) is 22.6 Å². The van der Waals surface area contributed by atoms with Gasteiger partial charge in [0.05, 0.1) is 12.7 Å². The van der Waals surface area contributed by atoms with E-state index in [-0.39, 0.29) is 11.7 Å². The van der Waals surface area contributed by atoms with Crippen LogP contribution in [0.1, 0.15) is 28.8 Å². The summed E-state index contributed by atoms with van der Waals surface area (Å²) < 4.78 is 23.7. The van der Waals surface area contributed by atoms with Crippen molar-refractivity contribution >= 4 is 16.8 Å². The minimum atomic E-state index is -0.433. The van der Waals surface area contributed by atoms with E-state index in [0.29, 0.717) is 24.4 Å². The summed E-state index contributed by atoms with van der Waals surface area (Å²) in [6.45, 7) is 2.17. The lowest BCUT2D eigenvalue weighted by Crippen LogP contribution is -2.38. The molecule has 2 heterocycles. The Morgan fingerprint density at radius 3 is 3.07 bits per heavy atom. The van der Waals surface area contributed by atoms with Crippen molar-refractivity contribution in [2.75, 3.05) is 20.2 Å². The summed E-state index contributed by atoms with van der Waals surface area (Å²) in [6.07, 6.45) is 1.69. The molecule has 1 atom stereocenters. The lowest BCUT2D eigenvalue weighted by Gasteiger charge is -2.32. The number of benzene rings is 2. The standard InChI is InChI=1S/C20H20FN3O3/c1-26-18-8-7-15(21)10-16(18)20(25)14-5-3-9-24(12-14)11-13-4-2-6-17-19(13)23-27-22-17/h2,4,6-8,10,14H,3,5,9,11-12H2,1H3. The Morgan fingerprint density at radius 2 is 2.22 bits per heavy atom. The number of fused-ring (bicyclic) bond motifs is 1. The Bertz CT molecular complexity index is 972. The quantitative estimate of drug-likeness (QED) is 0.642. The van der Waals surface area contributed by atoms with E-state index in [0.717, 1.165) is 36.0 Å². The van der Waals surface area contributed by atoms with Crippen molar-refractivity contribution in [2.45, 2.75) is 19.4 Å². The summed E-state index contributed by atoms with van der Waals surface area (Å²) in [6, 6.07) is 9.84. The Labute approximate surface area is 155 Å². The molecule has 0 bridgehead atoms. The molecule has 6 nitrogen and oxygen atoms in total. The van der Waals surface area contributed by atoms with Crippen LogP contribution in [0, 0.1) is 11.7 Å². The predicted molar refractivity (Wildman–Crippen MR) is 97.1 cm³/mol. The van der Waals surface area contributed by atoms with Crippen molar-refractivity contribution < 1.29 is 18.6 Å². The molecule has 1 unspecified atom stereocenters. The number of nitrogens with zero attached hydrogens (tertiary/aromatic N) is 3. The zero-order valence-electron chi connectivity index (χ0n) is 15.0. The molecule has 1 saturated heterocycles. The fraction of sp³-hybridized carbons (Fsp3) is 0.350. The highest BCUT2D eigenvalue weighted by Crippen LogP contribution is 2.28. The molecule has 0 spiro atoms. The second-order valence-corrected chi connectivity index (χ2v) is 6.83. The van der Waals surface area contributed by atoms with Crippen LogP contribution in [0.2, 0.25) is 0 Å². The molecule has 7 heteroatoms. The van der Waals surface area contributed by atoms with Gasteiger partial charge in [-0.1, -0.05) is 12.1 Å². The highest BCUT2D eigenvalue weighted by Gasteiger charge is 2.29. The van der Waals surface area contributed by atoms with Crippen molar-refractivity contribution in [1.29, 1.82) is 0 Å². The minimum Gasteiger partial charge on any atom is -0.496 e. The van der Waals surface area contributed by atoms with E-state index in [1.807, 2.05) is 18.2 Å². The third-order valence-electron chi connectivity index (χ3n) is 5.07. The van der Waals surface area contributed by atoms with Gasteiger partial charge in [-0.2, -0.15) is 0 Å². The van der Waals surface area contributed by atoms with Gasteiger partial charge in [-0.15, -0.1) is 0 Å². The number of ether oxygens (including phenoxy) is 1. The summed E-state index contributed by atoms with van der Waals surface area (Å²) >= 11 is 0. The SMILES string of the molecule is COc1ccc(F)cc1C(=O)C1CCCN(Cc2cccc3nonc23)C1. The van der Waals surface area contributed by atoms with Crippen LogP contribution in [0.25, 0.3) is 11.0 Å². The number of hydrogen-bond donors (Lipinski definition) is 0. The molecule has 0 radical (unpaired) electrons. The minimum absolute atomic E-state index is 0.0719. The molecule has 1 aromatic heterocycles. The lowest BCUT2D eigenvalue weighted by atomic mass is 9.89. The molecule has 3 aromatic rings. The second-order valence-electron chi connectivity index (χ2n) is 6.83. The molecule has 1 aliphatic rings. The smallest absolute Gasteiger partial charge is 0.171 e. The predicted octanol–water partition coefficient (Wildman–Crippen LogP) is 3.47. The van der Waals surface area contributed by atoms with Crippen LogP contribution < -0.4 is 4.74 Å². The Kier molecular flexibility index (Phi) is 4.85. The normalized spacial score (nSPS) is 17.9. The average molecular weight is 369 g/mol. The number of methoxy groups -OCH3 is 1. The average Bonchev–Trinajstić information content (AvgIpc) is 3.17. The summed E-state index contributed by atoms with van der Waals surface area (Å²) in [7, 11) is 1.49. The second kappa shape index (κ2) is 7.44. The maximum atomic E-state index is 13.7. The van der Waals surface area contributed by atoms with Crippen LogP contribution in [0.3, 0.4) is 0 Å². The van der Waals surface area contributed by atoms with Crippen LogP contribution >= 0.6 is 0 Å². The number of carbonyl (C=O) groups excluding carboxylic acids is 1. The van der Waals surface area contributed by atoms with Crippen molar-refractivity contribution in [3.05, 3.63) is 53.3 Å². The van der Waals surface area contributed by atoms with E-state index in [1.54, 1.807) is 0 Å². The van der Waals surface area contributed by atoms with Crippen molar-refractivity contribution in [1.82, 2.24) is 15.2 Å². The zero-order valence-corrected chi connectivity index (χ0v) is 15.0. The number of rotatable bonds is 5. The first-order valence-corrected chi connectivity index (χ1v) is 8.96. The number of ketones is 1. The Hall–Kier alpha value is -2.80. The molecular weight excluding hydrogens is 349 g/mol. The van der Waals surface area contributed by atoms with E-state index < -0.39 is 5.82 Å². The summed E-state index contributed by atoms with van der Waals surface area (Å²) in [5, 5.41) is 7.85. The fourth-order valence-corrected chi connectivity index (χ4v) is 3.74. The Balaban J connectivity index is 1.52. The van der Waals surface area contributed by atoms with E-state index in [9.17, 15) is 9.18 Å². The number of piperidine rings is 1. The molecule has 1 fully saturated rings. The number of carbonyl (C=O) groups is 1. The van der Waals surface area contributed by atoms with Crippen LogP contribution in [-0.2, 0) is 6.54 Å². The number of likely N-dealkylation sites (tertiary alicyclic amines) is 1. The summed E-state index contributed by atoms with van der Waals surface area (Å²) in [4.78, 5) is 15.2. The van der Waals surface area contributed by atoms with Crippen LogP contribution in [0.5, 0.6) is 5.75 Å². The highest BCUT2D eigenvalue weighted by molar-refractivity contribution is 6.00. The molecule has 27 heavy (non-hydrogen) atoms. The summed E-state index contributed by atoms with van der Waals surface area (Å²) in [5.41, 5.74) is 2.80. The van der Waals surface area contributed by atoms with E-state index in [2.05, 4.69) is 15.2 Å². The number of Topliss-reactive ketones (excluding diaryl/α,β-unsaturated/α-hetero) is 1. The first-order chi connectivity index (χ1) is 13.2. The summed E-state index contributed by atoms with van der Waals surface area (Å²) in [5.74, 6) is -0.282. The lowest BCUT2D eigenvalue weighted by molar-refractivity contribution is 0.0808. The number of aromatic nitrogens is 2. The third kappa shape index (κ3) is 3.55.